The molecular formula is C21H26N2O4. The van der Waals surface area contributed by atoms with Gasteiger partial charge in [-0.25, -0.2) is 4.79 Å². The van der Waals surface area contributed by atoms with Crippen LogP contribution in [0.4, 0.5) is 0 Å². The molecule has 2 aromatic carbocycles. The molecule has 0 aliphatic rings. The van der Waals surface area contributed by atoms with E-state index in [1.54, 1.807) is 24.3 Å². The lowest BCUT2D eigenvalue weighted by molar-refractivity contribution is -0.124. The highest BCUT2D eigenvalue weighted by molar-refractivity contribution is 5.87. The summed E-state index contributed by atoms with van der Waals surface area (Å²) in [6.07, 6.45) is 0. The number of para-hydroxylation sites is 1. The van der Waals surface area contributed by atoms with Crippen LogP contribution in [-0.2, 0) is 17.9 Å². The van der Waals surface area contributed by atoms with E-state index < -0.39 is 5.97 Å². The third-order valence-corrected chi connectivity index (χ3v) is 3.69. The zero-order chi connectivity index (χ0) is 19.9. The Morgan fingerprint density at radius 3 is 2.30 bits per heavy atom. The molecule has 144 valence electrons. The van der Waals surface area contributed by atoms with Crippen LogP contribution >= 0.6 is 0 Å². The van der Waals surface area contributed by atoms with Crippen LogP contribution in [0.3, 0.4) is 0 Å². The number of hydrogen-bond acceptors (Lipinski definition) is 4. The highest BCUT2D eigenvalue weighted by Crippen LogP contribution is 2.18. The van der Waals surface area contributed by atoms with E-state index in [1.807, 2.05) is 45.0 Å². The number of carbonyl (C=O) groups excluding carboxylic acids is 1. The minimum atomic E-state index is -0.934. The van der Waals surface area contributed by atoms with E-state index in [1.165, 1.54) is 0 Å². The number of aromatic carboxylic acids is 1. The van der Waals surface area contributed by atoms with Crippen molar-refractivity contribution in [1.29, 1.82) is 0 Å². The number of amides is 1. The molecule has 0 aliphatic carbocycles. The number of ether oxygens (including phenoxy) is 1. The molecule has 0 heterocycles. The van der Waals surface area contributed by atoms with Gasteiger partial charge in [-0.3, -0.25) is 4.79 Å². The topological polar surface area (TPSA) is 87.7 Å². The Balaban J connectivity index is 1.88. The smallest absolute Gasteiger partial charge is 0.335 e. The van der Waals surface area contributed by atoms with E-state index in [0.29, 0.717) is 18.8 Å². The van der Waals surface area contributed by atoms with E-state index in [9.17, 15) is 9.59 Å². The monoisotopic (exact) mass is 370 g/mol. The van der Waals surface area contributed by atoms with E-state index in [0.717, 1.165) is 11.1 Å². The molecule has 2 aromatic rings. The van der Waals surface area contributed by atoms with Gasteiger partial charge in [-0.2, -0.15) is 0 Å². The van der Waals surface area contributed by atoms with Crippen LogP contribution in [-0.4, -0.2) is 29.1 Å². The molecule has 6 nitrogen and oxygen atoms in total. The van der Waals surface area contributed by atoms with Gasteiger partial charge in [0.15, 0.2) is 6.61 Å². The first kappa shape index (κ1) is 20.5. The largest absolute Gasteiger partial charge is 0.483 e. The van der Waals surface area contributed by atoms with Gasteiger partial charge in [0.25, 0.3) is 5.91 Å². The average Bonchev–Trinajstić information content (AvgIpc) is 2.60. The van der Waals surface area contributed by atoms with Gasteiger partial charge in [-0.05, 0) is 44.5 Å². The number of rotatable bonds is 8. The fraction of sp³-hybridized carbons (Fsp3) is 0.333. The Hall–Kier alpha value is -2.86. The Morgan fingerprint density at radius 1 is 1.00 bits per heavy atom. The van der Waals surface area contributed by atoms with Gasteiger partial charge in [0, 0.05) is 24.2 Å². The van der Waals surface area contributed by atoms with Gasteiger partial charge in [-0.15, -0.1) is 0 Å². The molecule has 1 amide bonds. The van der Waals surface area contributed by atoms with Crippen LogP contribution in [0, 0.1) is 0 Å². The van der Waals surface area contributed by atoms with Crippen molar-refractivity contribution in [3.63, 3.8) is 0 Å². The van der Waals surface area contributed by atoms with Crippen LogP contribution in [0.2, 0.25) is 0 Å². The molecule has 0 radical (unpaired) electrons. The first-order valence-corrected chi connectivity index (χ1v) is 8.79. The molecule has 0 aliphatic heterocycles. The quantitative estimate of drug-likeness (QED) is 0.665. The van der Waals surface area contributed by atoms with Crippen LogP contribution in [0.1, 0.15) is 42.3 Å². The van der Waals surface area contributed by atoms with Crippen LogP contribution < -0.4 is 15.4 Å². The maximum absolute atomic E-state index is 11.9. The maximum atomic E-state index is 11.9. The number of nitrogens with one attached hydrogen (secondary N) is 2. The van der Waals surface area contributed by atoms with Gasteiger partial charge >= 0.3 is 5.97 Å². The van der Waals surface area contributed by atoms with Gasteiger partial charge in [0.2, 0.25) is 0 Å². The van der Waals surface area contributed by atoms with E-state index in [-0.39, 0.29) is 23.6 Å². The number of carboxylic acid groups (broad SMARTS) is 1. The Bertz CT molecular complexity index is 780. The minimum absolute atomic E-state index is 0.0368. The standard InChI is InChI=1S/C21H26N2O4/c1-21(2,3)23-19(24)14-27-18-7-5-4-6-17(18)13-22-12-15-8-10-16(11-9-15)20(25)26/h4-11,22H,12-14H2,1-3H3,(H,23,24)(H,25,26). The summed E-state index contributed by atoms with van der Waals surface area (Å²) in [7, 11) is 0. The molecule has 0 spiro atoms. The highest BCUT2D eigenvalue weighted by atomic mass is 16.5. The fourth-order valence-corrected chi connectivity index (χ4v) is 2.50. The first-order valence-electron chi connectivity index (χ1n) is 8.79. The molecular weight excluding hydrogens is 344 g/mol. The first-order chi connectivity index (χ1) is 12.7. The van der Waals surface area contributed by atoms with Crippen molar-refractivity contribution in [2.75, 3.05) is 6.61 Å². The normalized spacial score (nSPS) is 11.1. The molecule has 0 aromatic heterocycles. The molecule has 27 heavy (non-hydrogen) atoms. The van der Waals surface area contributed by atoms with Gasteiger partial charge < -0.3 is 20.5 Å². The highest BCUT2D eigenvalue weighted by Gasteiger charge is 2.14. The summed E-state index contributed by atoms with van der Waals surface area (Å²) in [6, 6.07) is 14.3. The van der Waals surface area contributed by atoms with Gasteiger partial charge in [0.1, 0.15) is 5.75 Å². The number of hydrogen-bond donors (Lipinski definition) is 3. The molecule has 3 N–H and O–H groups in total. The van der Waals surface area contributed by atoms with Crippen molar-refractivity contribution in [1.82, 2.24) is 10.6 Å². The van der Waals surface area contributed by atoms with Crippen LogP contribution in [0.15, 0.2) is 48.5 Å². The van der Waals surface area contributed by atoms with Crippen molar-refractivity contribution in [3.8, 4) is 5.75 Å². The molecule has 6 heteroatoms. The third kappa shape index (κ3) is 7.11. The van der Waals surface area contributed by atoms with Gasteiger partial charge in [-0.1, -0.05) is 30.3 Å². The summed E-state index contributed by atoms with van der Waals surface area (Å²) >= 11 is 0. The summed E-state index contributed by atoms with van der Waals surface area (Å²) in [5.41, 5.74) is 1.91. The summed E-state index contributed by atoms with van der Waals surface area (Å²) in [5.74, 6) is -0.435. The van der Waals surface area contributed by atoms with Crippen LogP contribution in [0.5, 0.6) is 5.75 Å². The Kier molecular flexibility index (Phi) is 6.96. The van der Waals surface area contributed by atoms with Crippen molar-refractivity contribution in [3.05, 3.63) is 65.2 Å². The molecule has 2 rings (SSSR count). The lowest BCUT2D eigenvalue weighted by Gasteiger charge is -2.20. The van der Waals surface area contributed by atoms with E-state index >= 15 is 0 Å². The molecule has 0 saturated heterocycles. The molecule has 0 fully saturated rings. The number of benzene rings is 2. The average molecular weight is 370 g/mol. The molecule has 0 unspecified atom stereocenters. The molecule has 0 atom stereocenters. The third-order valence-electron chi connectivity index (χ3n) is 3.69. The SMILES string of the molecule is CC(C)(C)NC(=O)COc1ccccc1CNCc1ccc(C(=O)O)cc1. The van der Waals surface area contributed by atoms with E-state index in [2.05, 4.69) is 10.6 Å². The lowest BCUT2D eigenvalue weighted by atomic mass is 10.1. The zero-order valence-electron chi connectivity index (χ0n) is 15.9. The second kappa shape index (κ2) is 9.19. The van der Waals surface area contributed by atoms with Crippen molar-refractivity contribution in [2.24, 2.45) is 0 Å². The van der Waals surface area contributed by atoms with Gasteiger partial charge in [0.05, 0.1) is 5.56 Å². The molecule has 0 bridgehead atoms. The minimum Gasteiger partial charge on any atom is -0.483 e. The second-order valence-corrected chi connectivity index (χ2v) is 7.30. The lowest BCUT2D eigenvalue weighted by Crippen LogP contribution is -2.43. The Labute approximate surface area is 159 Å². The second-order valence-electron chi connectivity index (χ2n) is 7.30. The summed E-state index contributed by atoms with van der Waals surface area (Å²) in [5, 5.41) is 15.1. The predicted molar refractivity (Wildman–Crippen MR) is 104 cm³/mol. The van der Waals surface area contributed by atoms with E-state index in [4.69, 9.17) is 9.84 Å². The predicted octanol–water partition coefficient (Wildman–Crippen LogP) is 2.97. The van der Waals surface area contributed by atoms with Crippen molar-refractivity contribution >= 4 is 11.9 Å². The number of carboxylic acids is 1. The fourth-order valence-electron chi connectivity index (χ4n) is 2.50. The summed E-state index contributed by atoms with van der Waals surface area (Å²) in [6.45, 7) is 6.89. The Morgan fingerprint density at radius 2 is 1.67 bits per heavy atom. The summed E-state index contributed by atoms with van der Waals surface area (Å²) in [4.78, 5) is 22.8. The maximum Gasteiger partial charge on any atom is 0.335 e. The summed E-state index contributed by atoms with van der Waals surface area (Å²) < 4.78 is 5.67. The molecule has 0 saturated carbocycles. The number of carbonyl (C=O) groups is 2. The van der Waals surface area contributed by atoms with Crippen molar-refractivity contribution < 1.29 is 19.4 Å². The zero-order valence-corrected chi connectivity index (χ0v) is 15.9. The van der Waals surface area contributed by atoms with Crippen LogP contribution in [0.25, 0.3) is 0 Å². The van der Waals surface area contributed by atoms with Crippen molar-refractivity contribution in [2.45, 2.75) is 39.4 Å².